The van der Waals surface area contributed by atoms with Gasteiger partial charge < -0.3 is 15.0 Å². The van der Waals surface area contributed by atoms with Crippen LogP contribution in [0.4, 0.5) is 0 Å². The third-order valence-electron chi connectivity index (χ3n) is 4.73. The van der Waals surface area contributed by atoms with Crippen molar-refractivity contribution in [2.45, 2.75) is 20.3 Å². The molecule has 2 unspecified atom stereocenters. The molecule has 0 bridgehead atoms. The average molecular weight is 486 g/mol. The summed E-state index contributed by atoms with van der Waals surface area (Å²) >= 11 is 0. The Kier molecular flexibility index (Phi) is 7.81. The Bertz CT molecular complexity index is 793. The molecule has 0 amide bonds. The molecule has 1 saturated heterocycles. The highest BCUT2D eigenvalue weighted by molar-refractivity contribution is 14.0. The maximum Gasteiger partial charge on any atom is 0.310 e. The lowest BCUT2D eigenvalue weighted by molar-refractivity contribution is -0.145. The fourth-order valence-electron chi connectivity index (χ4n) is 3.35. The minimum Gasteiger partial charge on any atom is -0.469 e. The van der Waals surface area contributed by atoms with Gasteiger partial charge in [0.1, 0.15) is 5.82 Å². The molecule has 27 heavy (non-hydrogen) atoms. The minimum atomic E-state index is -0.147. The van der Waals surface area contributed by atoms with Gasteiger partial charge in [0.05, 0.1) is 13.0 Å². The number of pyridine rings is 1. The van der Waals surface area contributed by atoms with Crippen LogP contribution in [0.2, 0.25) is 0 Å². The lowest BCUT2D eigenvalue weighted by Gasteiger charge is -2.21. The molecule has 2 atom stereocenters. The predicted octanol–water partition coefficient (Wildman–Crippen LogP) is 1.60. The number of fused-ring (bicyclic) bond motifs is 1. The number of nitrogens with zero attached hydrogens (tertiary/aromatic N) is 5. The number of ether oxygens (including phenoxy) is 1. The molecule has 148 valence electrons. The normalized spacial score (nSPS) is 19.8. The molecule has 1 aliphatic heterocycles. The van der Waals surface area contributed by atoms with E-state index in [4.69, 9.17) is 9.73 Å². The van der Waals surface area contributed by atoms with Crippen molar-refractivity contribution in [1.82, 2.24) is 24.8 Å². The van der Waals surface area contributed by atoms with Gasteiger partial charge in [-0.15, -0.1) is 34.2 Å². The first-order valence-corrected chi connectivity index (χ1v) is 9.03. The average Bonchev–Trinajstić information content (AvgIpc) is 3.24. The number of hydrogen-bond acceptors (Lipinski definition) is 5. The summed E-state index contributed by atoms with van der Waals surface area (Å²) in [5, 5.41) is 11.7. The fraction of sp³-hybridized carbons (Fsp3) is 0.556. The van der Waals surface area contributed by atoms with Crippen LogP contribution >= 0.6 is 24.0 Å². The summed E-state index contributed by atoms with van der Waals surface area (Å²) < 4.78 is 6.90. The molecule has 1 N–H and O–H groups in total. The van der Waals surface area contributed by atoms with Crippen LogP contribution in [-0.2, 0) is 16.0 Å². The number of aromatic nitrogens is 3. The molecular formula is C18H27IN6O2. The van der Waals surface area contributed by atoms with Crippen molar-refractivity contribution in [3.63, 3.8) is 0 Å². The van der Waals surface area contributed by atoms with Gasteiger partial charge in [0.2, 0.25) is 0 Å². The van der Waals surface area contributed by atoms with Crippen molar-refractivity contribution in [2.24, 2.45) is 16.8 Å². The first-order valence-electron chi connectivity index (χ1n) is 9.03. The summed E-state index contributed by atoms with van der Waals surface area (Å²) in [5.41, 5.74) is 0.840. The SMILES string of the molecule is CCNC(=NCCc1nnc2ccccn12)N1CC(C)C(C(=O)OC)C1.I. The van der Waals surface area contributed by atoms with Gasteiger partial charge in [-0.2, -0.15) is 0 Å². The van der Waals surface area contributed by atoms with Gasteiger partial charge in [-0.05, 0) is 25.0 Å². The molecule has 1 aliphatic rings. The van der Waals surface area contributed by atoms with Gasteiger partial charge in [-0.1, -0.05) is 13.0 Å². The largest absolute Gasteiger partial charge is 0.469 e. The molecule has 3 heterocycles. The van der Waals surface area contributed by atoms with E-state index < -0.39 is 0 Å². The van der Waals surface area contributed by atoms with Crippen LogP contribution in [0, 0.1) is 11.8 Å². The zero-order valence-electron chi connectivity index (χ0n) is 16.0. The summed E-state index contributed by atoms with van der Waals surface area (Å²) in [7, 11) is 1.44. The van der Waals surface area contributed by atoms with E-state index in [1.54, 1.807) is 0 Å². The molecule has 2 aromatic heterocycles. The molecule has 0 aromatic carbocycles. The van der Waals surface area contributed by atoms with Crippen LogP contribution in [-0.4, -0.2) is 64.7 Å². The van der Waals surface area contributed by atoms with Crippen molar-refractivity contribution in [3.8, 4) is 0 Å². The van der Waals surface area contributed by atoms with Crippen LogP contribution in [0.3, 0.4) is 0 Å². The standard InChI is InChI=1S/C18H26N6O2.HI/c1-4-19-18(23-11-13(2)14(12-23)17(25)26-3)20-9-8-16-22-21-15-7-5-6-10-24(15)16;/h5-7,10,13-14H,4,8-9,11-12H2,1-3H3,(H,19,20);1H. The Morgan fingerprint density at radius 3 is 2.93 bits per heavy atom. The van der Waals surface area contributed by atoms with Crippen molar-refractivity contribution in [3.05, 3.63) is 30.2 Å². The van der Waals surface area contributed by atoms with Crippen LogP contribution < -0.4 is 5.32 Å². The molecule has 1 fully saturated rings. The Morgan fingerprint density at radius 2 is 2.19 bits per heavy atom. The summed E-state index contributed by atoms with van der Waals surface area (Å²) in [5.74, 6) is 1.71. The van der Waals surface area contributed by atoms with Gasteiger partial charge in [0.25, 0.3) is 0 Å². The van der Waals surface area contributed by atoms with Crippen molar-refractivity contribution >= 4 is 41.6 Å². The number of guanidine groups is 1. The zero-order chi connectivity index (χ0) is 18.5. The smallest absolute Gasteiger partial charge is 0.310 e. The van der Waals surface area contributed by atoms with E-state index in [1.165, 1.54) is 7.11 Å². The molecule has 9 heteroatoms. The molecule has 3 rings (SSSR count). The topological polar surface area (TPSA) is 84.1 Å². The highest BCUT2D eigenvalue weighted by Gasteiger charge is 2.36. The van der Waals surface area contributed by atoms with E-state index in [0.717, 1.165) is 30.5 Å². The van der Waals surface area contributed by atoms with Crippen molar-refractivity contribution in [2.75, 3.05) is 33.3 Å². The molecule has 0 spiro atoms. The van der Waals surface area contributed by atoms with Gasteiger partial charge in [-0.3, -0.25) is 14.2 Å². The second-order valence-electron chi connectivity index (χ2n) is 6.54. The second-order valence-corrected chi connectivity index (χ2v) is 6.54. The Labute approximate surface area is 176 Å². The number of esters is 1. The van der Waals surface area contributed by atoms with Gasteiger partial charge in [0.15, 0.2) is 11.6 Å². The van der Waals surface area contributed by atoms with Crippen LogP contribution in [0.1, 0.15) is 19.7 Å². The Morgan fingerprint density at radius 1 is 1.37 bits per heavy atom. The molecule has 0 aliphatic carbocycles. The summed E-state index contributed by atoms with van der Waals surface area (Å²) in [6, 6.07) is 5.84. The predicted molar refractivity (Wildman–Crippen MR) is 114 cm³/mol. The van der Waals surface area contributed by atoms with E-state index in [-0.39, 0.29) is 41.8 Å². The number of rotatable bonds is 5. The van der Waals surface area contributed by atoms with E-state index in [2.05, 4.69) is 27.3 Å². The van der Waals surface area contributed by atoms with Gasteiger partial charge >= 0.3 is 5.97 Å². The monoisotopic (exact) mass is 486 g/mol. The lowest BCUT2D eigenvalue weighted by atomic mass is 9.99. The number of likely N-dealkylation sites (tertiary alicyclic amines) is 1. The molecule has 2 aromatic rings. The number of methoxy groups -OCH3 is 1. The zero-order valence-corrected chi connectivity index (χ0v) is 18.3. The fourth-order valence-corrected chi connectivity index (χ4v) is 3.35. The Hall–Kier alpha value is -1.91. The second kappa shape index (κ2) is 9.86. The summed E-state index contributed by atoms with van der Waals surface area (Å²) in [6.07, 6.45) is 2.66. The first-order chi connectivity index (χ1) is 12.6. The minimum absolute atomic E-state index is 0. The highest BCUT2D eigenvalue weighted by atomic mass is 127. The maximum atomic E-state index is 11.9. The van der Waals surface area contributed by atoms with Crippen molar-refractivity contribution < 1.29 is 9.53 Å². The number of halogens is 1. The maximum absolute atomic E-state index is 11.9. The van der Waals surface area contributed by atoms with E-state index in [1.807, 2.05) is 35.7 Å². The Balaban J connectivity index is 0.00000261. The van der Waals surface area contributed by atoms with E-state index >= 15 is 0 Å². The first kappa shape index (κ1) is 21.4. The quantitative estimate of drug-likeness (QED) is 0.299. The van der Waals surface area contributed by atoms with E-state index in [0.29, 0.717) is 19.5 Å². The highest BCUT2D eigenvalue weighted by Crippen LogP contribution is 2.24. The third kappa shape index (κ3) is 4.88. The van der Waals surface area contributed by atoms with Crippen molar-refractivity contribution in [1.29, 1.82) is 0 Å². The van der Waals surface area contributed by atoms with Gasteiger partial charge in [-0.25, -0.2) is 0 Å². The molecular weight excluding hydrogens is 459 g/mol. The molecule has 0 saturated carbocycles. The number of nitrogens with one attached hydrogen (secondary N) is 1. The number of carbonyl (C=O) groups is 1. The number of hydrogen-bond donors (Lipinski definition) is 1. The summed E-state index contributed by atoms with van der Waals surface area (Å²) in [6.45, 7) is 6.92. The van der Waals surface area contributed by atoms with E-state index in [9.17, 15) is 4.79 Å². The molecule has 0 radical (unpaired) electrons. The number of aliphatic imine (C=N–C) groups is 1. The summed E-state index contributed by atoms with van der Waals surface area (Å²) in [4.78, 5) is 18.8. The van der Waals surface area contributed by atoms with Crippen LogP contribution in [0.15, 0.2) is 29.4 Å². The lowest BCUT2D eigenvalue weighted by Crippen LogP contribution is -2.40. The van der Waals surface area contributed by atoms with Gasteiger partial charge in [0, 0.05) is 38.8 Å². The third-order valence-corrected chi connectivity index (χ3v) is 4.73. The van der Waals surface area contributed by atoms with Crippen LogP contribution in [0.5, 0.6) is 0 Å². The van der Waals surface area contributed by atoms with Crippen LogP contribution in [0.25, 0.3) is 5.65 Å². The molecule has 8 nitrogen and oxygen atoms in total. The number of carbonyl (C=O) groups excluding carboxylic acids is 1.